The van der Waals surface area contributed by atoms with Crippen LogP contribution in [0.15, 0.2) is 46.6 Å². The molecule has 200 valence electrons. The lowest BCUT2D eigenvalue weighted by Gasteiger charge is -2.30. The normalized spacial score (nSPS) is 16.4. The Balaban J connectivity index is 1.40. The van der Waals surface area contributed by atoms with E-state index in [0.717, 1.165) is 24.5 Å². The lowest BCUT2D eigenvalue weighted by Crippen LogP contribution is -2.33. The molecule has 0 aliphatic carbocycles. The molecule has 4 aromatic rings. The Hall–Kier alpha value is -3.84. The number of alkyl halides is 3. The fraction of sp³-hybridized carbons (Fsp3) is 0.280. The predicted octanol–water partition coefficient (Wildman–Crippen LogP) is 3.83. The van der Waals surface area contributed by atoms with Gasteiger partial charge < -0.3 is 10.0 Å². The van der Waals surface area contributed by atoms with Crippen molar-refractivity contribution in [3.05, 3.63) is 79.4 Å². The van der Waals surface area contributed by atoms with E-state index in [1.807, 2.05) is 6.07 Å². The van der Waals surface area contributed by atoms with Crippen molar-refractivity contribution in [3.63, 3.8) is 0 Å². The van der Waals surface area contributed by atoms with Crippen LogP contribution in [-0.2, 0) is 12.6 Å². The maximum absolute atomic E-state index is 13.9. The maximum atomic E-state index is 13.9. The fourth-order valence-corrected chi connectivity index (χ4v) is 6.11. The monoisotopic (exact) mass is 572 g/mol. The zero-order valence-electron chi connectivity index (χ0n) is 20.2. The molecule has 2 aliphatic rings. The van der Waals surface area contributed by atoms with E-state index in [9.17, 15) is 18.3 Å². The standard InChI is InChI=1S/C25H20ClF3N8OS/c26-17-3-1-15(19(11-17)25(27,28)29)10-18(14-2-4-20-16(9-14)12-30-32-20)21-23(38)31-24(39-21)37-7-5-13(6-8-37)22-33-35-36-34-22/h1-4,9,11-13,38H,5-8,10H2,(H,33,34,35,36). The van der Waals surface area contributed by atoms with E-state index in [0.29, 0.717) is 45.1 Å². The van der Waals surface area contributed by atoms with Crippen LogP contribution in [0.1, 0.15) is 46.2 Å². The van der Waals surface area contributed by atoms with Gasteiger partial charge in [-0.3, -0.25) is 0 Å². The van der Waals surface area contributed by atoms with Crippen molar-refractivity contribution in [2.45, 2.75) is 31.4 Å². The van der Waals surface area contributed by atoms with Gasteiger partial charge in [0.25, 0.3) is 0 Å². The van der Waals surface area contributed by atoms with E-state index in [1.54, 1.807) is 18.3 Å². The molecule has 0 atom stereocenters. The first-order valence-corrected chi connectivity index (χ1v) is 13.2. The molecular weight excluding hydrogens is 553 g/mol. The highest BCUT2D eigenvalue weighted by atomic mass is 35.5. The van der Waals surface area contributed by atoms with Crippen molar-refractivity contribution in [2.75, 3.05) is 18.0 Å². The van der Waals surface area contributed by atoms with E-state index in [1.165, 1.54) is 23.5 Å². The van der Waals surface area contributed by atoms with Gasteiger partial charge in [0.2, 0.25) is 5.88 Å². The lowest BCUT2D eigenvalue weighted by molar-refractivity contribution is -0.138. The number of hydrogen-bond acceptors (Lipinski definition) is 9. The van der Waals surface area contributed by atoms with Gasteiger partial charge in [0.1, 0.15) is 0 Å². The molecule has 0 spiro atoms. The number of aromatic amines is 1. The lowest BCUT2D eigenvalue weighted by atomic mass is 9.96. The zero-order chi connectivity index (χ0) is 27.1. The number of anilines is 1. The first-order valence-electron chi connectivity index (χ1n) is 12.0. The number of aromatic hydroxyl groups is 1. The van der Waals surface area contributed by atoms with E-state index in [4.69, 9.17) is 11.6 Å². The Labute approximate surface area is 228 Å². The number of rotatable bonds is 5. The maximum Gasteiger partial charge on any atom is 0.416 e. The van der Waals surface area contributed by atoms with Crippen LogP contribution in [-0.4, -0.2) is 50.0 Å². The quantitative estimate of drug-likeness (QED) is 0.376. The summed E-state index contributed by atoms with van der Waals surface area (Å²) in [4.78, 5) is 6.87. The summed E-state index contributed by atoms with van der Waals surface area (Å²) in [5.41, 5.74) is 0.466. The van der Waals surface area contributed by atoms with Crippen molar-refractivity contribution in [1.82, 2.24) is 25.6 Å². The second kappa shape index (κ2) is 10.0. The van der Waals surface area contributed by atoms with Crippen molar-refractivity contribution < 1.29 is 18.3 Å². The Morgan fingerprint density at radius 3 is 2.72 bits per heavy atom. The molecule has 4 heterocycles. The third kappa shape index (κ3) is 5.11. The highest BCUT2D eigenvalue weighted by molar-refractivity contribution is 7.17. The van der Waals surface area contributed by atoms with Gasteiger partial charge in [-0.15, -0.1) is 10.2 Å². The fourth-order valence-electron chi connectivity index (χ4n) is 4.86. The molecule has 0 bridgehead atoms. The number of aromatic nitrogens is 5. The number of hydrogen-bond donors (Lipinski definition) is 2. The minimum atomic E-state index is -4.60. The molecule has 0 unspecified atom stereocenters. The van der Waals surface area contributed by atoms with E-state index < -0.39 is 11.7 Å². The number of thiazole rings is 1. The molecule has 9 nitrogen and oxygen atoms in total. The molecule has 1 saturated heterocycles. The zero-order valence-corrected chi connectivity index (χ0v) is 21.7. The third-order valence-corrected chi connectivity index (χ3v) is 8.25. The van der Waals surface area contributed by atoms with Gasteiger partial charge in [0.15, 0.2) is 11.0 Å². The van der Waals surface area contributed by atoms with Crippen LogP contribution in [0.2, 0.25) is 5.02 Å². The Kier molecular flexibility index (Phi) is 6.55. The number of tetrazole rings is 1. The Morgan fingerprint density at radius 2 is 1.97 bits per heavy atom. The smallest absolute Gasteiger partial charge is 0.416 e. The van der Waals surface area contributed by atoms with Gasteiger partial charge in [-0.1, -0.05) is 40.3 Å². The molecule has 39 heavy (non-hydrogen) atoms. The average Bonchev–Trinajstić information content (AvgIpc) is 3.68. The SMILES string of the molecule is Oc1nc(N2CCC(c3nn[nH]n3)CC2)sc1C(Cc1ccc(Cl)cc1C(F)(F)F)=c1ccc2c(c1)C=NN=2. The molecule has 2 N–H and O–H groups in total. The number of benzene rings is 2. The number of halogens is 4. The molecule has 6 rings (SSSR count). The summed E-state index contributed by atoms with van der Waals surface area (Å²) in [6.45, 7) is 1.32. The number of nitrogens with zero attached hydrogens (tertiary/aromatic N) is 7. The first kappa shape index (κ1) is 25.4. The van der Waals surface area contributed by atoms with Crippen LogP contribution < -0.4 is 15.5 Å². The van der Waals surface area contributed by atoms with Crippen LogP contribution in [0, 0.1) is 0 Å². The van der Waals surface area contributed by atoms with Crippen molar-refractivity contribution >= 4 is 39.9 Å². The topological polar surface area (TPSA) is 116 Å². The molecule has 2 aromatic carbocycles. The third-order valence-electron chi connectivity index (χ3n) is 6.85. The van der Waals surface area contributed by atoms with Crippen LogP contribution in [0.3, 0.4) is 0 Å². The Morgan fingerprint density at radius 1 is 1.15 bits per heavy atom. The van der Waals surface area contributed by atoms with E-state index in [-0.39, 0.29) is 28.8 Å². The molecule has 0 radical (unpaired) electrons. The summed E-state index contributed by atoms with van der Waals surface area (Å²) in [5, 5.41) is 35.1. The van der Waals surface area contributed by atoms with Crippen molar-refractivity contribution in [2.24, 2.45) is 10.2 Å². The molecule has 2 aromatic heterocycles. The summed E-state index contributed by atoms with van der Waals surface area (Å²) in [6, 6.07) is 9.06. The van der Waals surface area contributed by atoms with Crippen LogP contribution in [0.4, 0.5) is 18.3 Å². The summed E-state index contributed by atoms with van der Waals surface area (Å²) in [5.74, 6) is 0.606. The number of H-pyrrole nitrogens is 1. The largest absolute Gasteiger partial charge is 0.492 e. The van der Waals surface area contributed by atoms with E-state index in [2.05, 4.69) is 40.7 Å². The van der Waals surface area contributed by atoms with E-state index >= 15 is 0 Å². The van der Waals surface area contributed by atoms with Gasteiger partial charge in [-0.05, 0) is 53.5 Å². The van der Waals surface area contributed by atoms with Crippen molar-refractivity contribution in [1.29, 1.82) is 0 Å². The second-order valence-electron chi connectivity index (χ2n) is 9.25. The van der Waals surface area contributed by atoms with Gasteiger partial charge in [-0.25, -0.2) is 0 Å². The number of piperidine rings is 1. The summed E-state index contributed by atoms with van der Waals surface area (Å²) < 4.78 is 41.8. The Bertz CT molecular complexity index is 1680. The molecular formula is C25H20ClF3N8OS. The summed E-state index contributed by atoms with van der Waals surface area (Å²) in [6.07, 6.45) is -1.56. The minimum absolute atomic E-state index is 0.00451. The summed E-state index contributed by atoms with van der Waals surface area (Å²) >= 11 is 7.17. The molecule has 0 amide bonds. The first-order chi connectivity index (χ1) is 18.8. The summed E-state index contributed by atoms with van der Waals surface area (Å²) in [7, 11) is 0. The highest BCUT2D eigenvalue weighted by Crippen LogP contribution is 2.40. The minimum Gasteiger partial charge on any atom is -0.492 e. The van der Waals surface area contributed by atoms with Gasteiger partial charge in [0.05, 0.1) is 22.0 Å². The van der Waals surface area contributed by atoms with Gasteiger partial charge in [-0.2, -0.15) is 33.6 Å². The van der Waals surface area contributed by atoms with Gasteiger partial charge in [0, 0.05) is 36.0 Å². The number of nitrogens with one attached hydrogen (secondary N) is 1. The molecule has 0 saturated carbocycles. The second-order valence-corrected chi connectivity index (χ2v) is 10.7. The molecule has 14 heteroatoms. The average molecular weight is 573 g/mol. The number of fused-ring (bicyclic) bond motifs is 1. The van der Waals surface area contributed by atoms with Crippen molar-refractivity contribution in [3.8, 4) is 5.88 Å². The highest BCUT2D eigenvalue weighted by Gasteiger charge is 2.34. The van der Waals surface area contributed by atoms with Crippen LogP contribution in [0.25, 0.3) is 5.57 Å². The van der Waals surface area contributed by atoms with Gasteiger partial charge >= 0.3 is 6.18 Å². The molecule has 2 aliphatic heterocycles. The van der Waals surface area contributed by atoms with Crippen LogP contribution in [0.5, 0.6) is 5.88 Å². The van der Waals surface area contributed by atoms with Crippen LogP contribution >= 0.6 is 22.9 Å². The molecule has 1 fully saturated rings. The predicted molar refractivity (Wildman–Crippen MR) is 140 cm³/mol.